The minimum atomic E-state index is -0.555. The molecule has 130 valence electrons. The lowest BCUT2D eigenvalue weighted by molar-refractivity contribution is -0.120. The van der Waals surface area contributed by atoms with Gasteiger partial charge in [-0.1, -0.05) is 18.2 Å². The number of rotatable bonds is 2. The first-order chi connectivity index (χ1) is 12.1. The Bertz CT molecular complexity index is 788. The number of aryl methyl sites for hydroxylation is 1. The van der Waals surface area contributed by atoms with Gasteiger partial charge in [-0.15, -0.1) is 0 Å². The van der Waals surface area contributed by atoms with Gasteiger partial charge >= 0.3 is 0 Å². The molecule has 5 heteroatoms. The molecule has 0 bridgehead atoms. The molecule has 25 heavy (non-hydrogen) atoms. The first-order valence-electron chi connectivity index (χ1n) is 8.84. The zero-order valence-corrected chi connectivity index (χ0v) is 14.1. The number of benzene rings is 1. The summed E-state index contributed by atoms with van der Waals surface area (Å²) in [5, 5.41) is 14.1. The van der Waals surface area contributed by atoms with Crippen molar-refractivity contribution in [3.8, 4) is 0 Å². The number of carbonyl (C=O) groups excluding carboxylic acids is 2. The van der Waals surface area contributed by atoms with Crippen LogP contribution >= 0.6 is 0 Å². The van der Waals surface area contributed by atoms with E-state index in [0.717, 1.165) is 32.4 Å². The summed E-state index contributed by atoms with van der Waals surface area (Å²) in [6.07, 6.45) is 9.39. The molecule has 0 aromatic heterocycles. The van der Waals surface area contributed by atoms with Crippen LogP contribution in [-0.2, 0) is 17.6 Å². The van der Waals surface area contributed by atoms with Crippen LogP contribution in [0.25, 0.3) is 0 Å². The van der Waals surface area contributed by atoms with E-state index in [1.807, 2.05) is 12.1 Å². The van der Waals surface area contributed by atoms with Gasteiger partial charge in [0.05, 0.1) is 0 Å². The highest BCUT2D eigenvalue weighted by Gasteiger charge is 2.37. The summed E-state index contributed by atoms with van der Waals surface area (Å²) in [6, 6.07) is 5.64. The molecule has 5 nitrogen and oxygen atoms in total. The van der Waals surface area contributed by atoms with Gasteiger partial charge < -0.3 is 5.32 Å². The second-order valence-corrected chi connectivity index (χ2v) is 7.31. The molecule has 1 aliphatic heterocycles. The number of Topliss-reactive ketones (excluding diaryl/α,β-unsaturated/α-hetero) is 1. The lowest BCUT2D eigenvalue weighted by atomic mass is 9.71. The van der Waals surface area contributed by atoms with Gasteiger partial charge in [0, 0.05) is 18.5 Å². The normalized spacial score (nSPS) is 25.0. The second-order valence-electron chi connectivity index (χ2n) is 7.31. The van der Waals surface area contributed by atoms with Gasteiger partial charge in [0.25, 0.3) is 5.91 Å². The van der Waals surface area contributed by atoms with Crippen molar-refractivity contribution in [3.63, 3.8) is 0 Å². The summed E-state index contributed by atoms with van der Waals surface area (Å²) < 4.78 is 0. The highest BCUT2D eigenvalue weighted by atomic mass is 16.5. The molecule has 3 aliphatic rings. The molecule has 0 radical (unpaired) electrons. The van der Waals surface area contributed by atoms with Crippen LogP contribution in [0.2, 0.25) is 0 Å². The number of hydrogen-bond donors (Lipinski definition) is 2. The van der Waals surface area contributed by atoms with Crippen molar-refractivity contribution in [1.29, 1.82) is 0 Å². The molecule has 1 saturated heterocycles. The Hall–Kier alpha value is -2.24. The van der Waals surface area contributed by atoms with Crippen LogP contribution in [0.1, 0.15) is 40.7 Å². The van der Waals surface area contributed by atoms with Gasteiger partial charge in [0.15, 0.2) is 5.78 Å². The van der Waals surface area contributed by atoms with Crippen LogP contribution in [-0.4, -0.2) is 35.1 Å². The van der Waals surface area contributed by atoms with Gasteiger partial charge in [0.2, 0.25) is 0 Å². The van der Waals surface area contributed by atoms with E-state index in [0.29, 0.717) is 16.0 Å². The average Bonchev–Trinajstić information content (AvgIpc) is 3.08. The number of amides is 1. The van der Waals surface area contributed by atoms with Crippen LogP contribution in [0.4, 0.5) is 0 Å². The number of nitrogens with zero attached hydrogens (tertiary/aromatic N) is 1. The molecule has 4 rings (SSSR count). The quantitative estimate of drug-likeness (QED) is 0.642. The number of hydrogen-bond acceptors (Lipinski definition) is 4. The summed E-state index contributed by atoms with van der Waals surface area (Å²) in [5.74, 6) is -0.812. The van der Waals surface area contributed by atoms with Crippen molar-refractivity contribution in [3.05, 3.63) is 58.8 Å². The Labute approximate surface area is 147 Å². The molecule has 1 aromatic carbocycles. The maximum Gasteiger partial charge on any atom is 0.282 e. The Balaban J connectivity index is 1.56. The third kappa shape index (κ3) is 2.94. The monoisotopic (exact) mass is 338 g/mol. The zero-order valence-electron chi connectivity index (χ0n) is 14.1. The van der Waals surface area contributed by atoms with E-state index in [2.05, 4.69) is 5.32 Å². The van der Waals surface area contributed by atoms with Gasteiger partial charge in [0.1, 0.15) is 5.70 Å². The van der Waals surface area contributed by atoms with Gasteiger partial charge in [-0.2, -0.15) is 5.06 Å². The summed E-state index contributed by atoms with van der Waals surface area (Å²) >= 11 is 0. The first kappa shape index (κ1) is 16.2. The summed E-state index contributed by atoms with van der Waals surface area (Å²) in [4.78, 5) is 24.4. The zero-order chi connectivity index (χ0) is 17.4. The van der Waals surface area contributed by atoms with E-state index in [1.165, 1.54) is 23.6 Å². The average molecular weight is 338 g/mol. The fourth-order valence-electron chi connectivity index (χ4n) is 4.17. The first-order valence-corrected chi connectivity index (χ1v) is 8.84. The van der Waals surface area contributed by atoms with Crippen molar-refractivity contribution in [2.45, 2.75) is 32.1 Å². The Morgan fingerprint density at radius 1 is 1.24 bits per heavy atom. The topological polar surface area (TPSA) is 69.6 Å². The highest BCUT2D eigenvalue weighted by Crippen LogP contribution is 2.40. The number of hydroxylamine groups is 2. The molecule has 2 aliphatic carbocycles. The fourth-order valence-corrected chi connectivity index (χ4v) is 4.17. The second kappa shape index (κ2) is 6.24. The van der Waals surface area contributed by atoms with Gasteiger partial charge in [-0.05, 0) is 67.0 Å². The van der Waals surface area contributed by atoms with Crippen molar-refractivity contribution in [2.75, 3.05) is 13.1 Å². The van der Waals surface area contributed by atoms with E-state index in [-0.39, 0.29) is 17.9 Å². The molecule has 1 aromatic rings. The van der Waals surface area contributed by atoms with Crippen LogP contribution < -0.4 is 5.32 Å². The standard InChI is InChI=1S/C20H22N2O3/c23-18-4-2-1-3-17(18)22(25)19(24)15-5-6-16-12-20(9-10-21-13-20)8-7-14(16)11-15/h1-3,5-6,11,21,25H,4,7-10,12-13H2/t20-/m1/s1. The van der Waals surface area contributed by atoms with E-state index in [9.17, 15) is 14.8 Å². The third-order valence-corrected chi connectivity index (χ3v) is 5.68. The third-order valence-electron chi connectivity index (χ3n) is 5.68. The number of allylic oxidation sites excluding steroid dienone is 4. The SMILES string of the molecule is O=C1CC=CC=C1N(O)C(=O)c1ccc2c(c1)CC[C@@]1(CCNC1)C2. The Morgan fingerprint density at radius 3 is 2.88 bits per heavy atom. The lowest BCUT2D eigenvalue weighted by Crippen LogP contribution is -2.33. The van der Waals surface area contributed by atoms with Crippen molar-refractivity contribution in [1.82, 2.24) is 10.4 Å². The molecular weight excluding hydrogens is 316 g/mol. The highest BCUT2D eigenvalue weighted by molar-refractivity contribution is 6.04. The van der Waals surface area contributed by atoms with Crippen LogP contribution in [0.15, 0.2) is 42.1 Å². The molecule has 0 saturated carbocycles. The Morgan fingerprint density at radius 2 is 2.12 bits per heavy atom. The smallest absolute Gasteiger partial charge is 0.282 e. The maximum absolute atomic E-state index is 12.6. The number of ketones is 1. The Kier molecular flexibility index (Phi) is 4.06. The van der Waals surface area contributed by atoms with Crippen LogP contribution in [0.5, 0.6) is 0 Å². The summed E-state index contributed by atoms with van der Waals surface area (Å²) in [7, 11) is 0. The van der Waals surface area contributed by atoms with Gasteiger partial charge in [-0.25, -0.2) is 0 Å². The van der Waals surface area contributed by atoms with E-state index < -0.39 is 5.91 Å². The number of fused-ring (bicyclic) bond motifs is 1. The summed E-state index contributed by atoms with van der Waals surface area (Å²) in [6.45, 7) is 2.16. The predicted molar refractivity (Wildman–Crippen MR) is 93.2 cm³/mol. The molecule has 0 unspecified atom stereocenters. The van der Waals surface area contributed by atoms with Crippen molar-refractivity contribution in [2.24, 2.45) is 5.41 Å². The van der Waals surface area contributed by atoms with E-state index >= 15 is 0 Å². The number of nitrogens with one attached hydrogen (secondary N) is 1. The molecule has 1 fully saturated rings. The van der Waals surface area contributed by atoms with E-state index in [1.54, 1.807) is 18.2 Å². The largest absolute Gasteiger partial charge is 0.316 e. The molecule has 1 heterocycles. The lowest BCUT2D eigenvalue weighted by Gasteiger charge is -2.34. The summed E-state index contributed by atoms with van der Waals surface area (Å²) in [5.41, 5.74) is 3.30. The molecule has 2 N–H and O–H groups in total. The van der Waals surface area contributed by atoms with Crippen LogP contribution in [0, 0.1) is 5.41 Å². The minimum absolute atomic E-state index is 0.0289. The molecule has 1 atom stereocenters. The molecular formula is C20H22N2O3. The number of carbonyl (C=O) groups is 2. The van der Waals surface area contributed by atoms with E-state index in [4.69, 9.17) is 0 Å². The maximum atomic E-state index is 12.6. The predicted octanol–water partition coefficient (Wildman–Crippen LogP) is 2.40. The minimum Gasteiger partial charge on any atom is -0.316 e. The molecule has 1 amide bonds. The van der Waals surface area contributed by atoms with Crippen molar-refractivity contribution >= 4 is 11.7 Å². The van der Waals surface area contributed by atoms with Crippen LogP contribution in [0.3, 0.4) is 0 Å². The molecule has 1 spiro atoms. The van der Waals surface area contributed by atoms with Crippen molar-refractivity contribution < 1.29 is 14.8 Å². The fraction of sp³-hybridized carbons (Fsp3) is 0.400. The van der Waals surface area contributed by atoms with Gasteiger partial charge in [-0.3, -0.25) is 14.8 Å².